The Kier molecular flexibility index (Phi) is 7.57. The second-order valence-corrected chi connectivity index (χ2v) is 8.77. The molecule has 1 N–H and O–H groups in total. The van der Waals surface area contributed by atoms with E-state index >= 15 is 0 Å². The van der Waals surface area contributed by atoms with Crippen molar-refractivity contribution in [1.82, 2.24) is 5.43 Å². The number of hydrazone groups is 1. The van der Waals surface area contributed by atoms with Crippen LogP contribution < -0.4 is 19.1 Å². The highest BCUT2D eigenvalue weighted by molar-refractivity contribution is 7.87. The van der Waals surface area contributed by atoms with Gasteiger partial charge in [0.25, 0.3) is 5.91 Å². The molecule has 0 radical (unpaired) electrons. The number of rotatable bonds is 8. The van der Waals surface area contributed by atoms with Gasteiger partial charge in [-0.3, -0.25) is 4.79 Å². The zero-order valence-electron chi connectivity index (χ0n) is 18.0. The van der Waals surface area contributed by atoms with E-state index in [1.54, 1.807) is 36.4 Å². The van der Waals surface area contributed by atoms with Crippen molar-refractivity contribution in [2.45, 2.75) is 11.8 Å². The lowest BCUT2D eigenvalue weighted by Gasteiger charge is -2.13. The predicted octanol–water partition coefficient (Wildman–Crippen LogP) is 4.20. The number of ether oxygens (including phenoxy) is 2. The van der Waals surface area contributed by atoms with Crippen LogP contribution in [-0.4, -0.2) is 34.8 Å². The maximum atomic E-state index is 12.6. The molecule has 172 valence electrons. The zero-order valence-corrected chi connectivity index (χ0v) is 19.6. The molecule has 0 heterocycles. The number of nitrogens with one attached hydrogen (secondary N) is 1. The molecule has 3 aromatic carbocycles. The van der Waals surface area contributed by atoms with E-state index in [1.807, 2.05) is 6.92 Å². The number of carbonyl (C=O) groups is 1. The van der Waals surface area contributed by atoms with E-state index in [1.165, 1.54) is 44.7 Å². The fourth-order valence-corrected chi connectivity index (χ4v) is 3.99. The topological polar surface area (TPSA) is 103 Å². The molecule has 1 amide bonds. The van der Waals surface area contributed by atoms with Crippen LogP contribution in [0.1, 0.15) is 21.5 Å². The van der Waals surface area contributed by atoms with Crippen molar-refractivity contribution < 1.29 is 26.9 Å². The fraction of sp³-hybridized carbons (Fsp3) is 0.130. The Labute approximate surface area is 196 Å². The van der Waals surface area contributed by atoms with Gasteiger partial charge in [-0.25, -0.2) is 5.43 Å². The standard InChI is InChI=1S/C23H21ClN2O6S/c1-15-4-10-19(11-5-15)33(28,29)32-22-20(24)12-16(13-21(22)31-3)14-25-26-23(27)17-6-8-18(30-2)9-7-17/h4-14H,1-3H3,(H,26,27). The van der Waals surface area contributed by atoms with E-state index in [4.69, 9.17) is 25.3 Å². The minimum Gasteiger partial charge on any atom is -0.497 e. The highest BCUT2D eigenvalue weighted by atomic mass is 35.5. The summed E-state index contributed by atoms with van der Waals surface area (Å²) in [5.74, 6) is 0.139. The Balaban J connectivity index is 1.76. The van der Waals surface area contributed by atoms with Gasteiger partial charge in [-0.15, -0.1) is 0 Å². The van der Waals surface area contributed by atoms with Crippen LogP contribution >= 0.6 is 11.6 Å². The van der Waals surface area contributed by atoms with Crippen molar-refractivity contribution in [3.63, 3.8) is 0 Å². The van der Waals surface area contributed by atoms with Gasteiger partial charge >= 0.3 is 10.1 Å². The first-order valence-electron chi connectivity index (χ1n) is 9.59. The molecular weight excluding hydrogens is 468 g/mol. The smallest absolute Gasteiger partial charge is 0.339 e. The lowest BCUT2D eigenvalue weighted by atomic mass is 10.2. The molecular formula is C23H21ClN2O6S. The first kappa shape index (κ1) is 24.1. The van der Waals surface area contributed by atoms with Crippen LogP contribution in [0, 0.1) is 6.92 Å². The van der Waals surface area contributed by atoms with E-state index in [-0.39, 0.29) is 21.4 Å². The van der Waals surface area contributed by atoms with Crippen LogP contribution in [0.4, 0.5) is 0 Å². The summed E-state index contributed by atoms with van der Waals surface area (Å²) < 4.78 is 40.8. The molecule has 0 saturated carbocycles. The highest BCUT2D eigenvalue weighted by Crippen LogP contribution is 2.38. The van der Waals surface area contributed by atoms with E-state index < -0.39 is 16.0 Å². The lowest BCUT2D eigenvalue weighted by Crippen LogP contribution is -2.17. The second-order valence-electron chi connectivity index (χ2n) is 6.81. The molecule has 0 aromatic heterocycles. The van der Waals surface area contributed by atoms with Gasteiger partial charge in [0, 0.05) is 5.56 Å². The SMILES string of the molecule is COc1ccc(C(=O)NN=Cc2cc(Cl)c(OS(=O)(=O)c3ccc(C)cc3)c(OC)c2)cc1. The summed E-state index contributed by atoms with van der Waals surface area (Å²) in [4.78, 5) is 12.2. The number of hydrogen-bond acceptors (Lipinski definition) is 7. The van der Waals surface area contributed by atoms with Gasteiger partial charge in [0.1, 0.15) is 10.6 Å². The first-order chi connectivity index (χ1) is 15.7. The summed E-state index contributed by atoms with van der Waals surface area (Å²) in [6.45, 7) is 1.84. The van der Waals surface area contributed by atoms with Crippen molar-refractivity contribution >= 4 is 33.8 Å². The molecule has 0 aliphatic rings. The number of nitrogens with zero attached hydrogens (tertiary/aromatic N) is 1. The van der Waals surface area contributed by atoms with Gasteiger partial charge in [-0.05, 0) is 61.0 Å². The number of benzene rings is 3. The molecule has 0 aliphatic carbocycles. The van der Waals surface area contributed by atoms with E-state index in [0.29, 0.717) is 16.9 Å². The van der Waals surface area contributed by atoms with E-state index in [0.717, 1.165) is 5.56 Å². The summed E-state index contributed by atoms with van der Waals surface area (Å²) >= 11 is 6.27. The fourth-order valence-electron chi connectivity index (χ4n) is 2.73. The minimum atomic E-state index is -4.13. The molecule has 3 rings (SSSR count). The van der Waals surface area contributed by atoms with Gasteiger partial charge in [0.05, 0.1) is 25.5 Å². The van der Waals surface area contributed by atoms with Crippen LogP contribution in [0.3, 0.4) is 0 Å². The summed E-state index contributed by atoms with van der Waals surface area (Å²) in [7, 11) is -1.24. The number of aryl methyl sites for hydroxylation is 1. The van der Waals surface area contributed by atoms with Gasteiger partial charge in [-0.1, -0.05) is 29.3 Å². The van der Waals surface area contributed by atoms with E-state index in [2.05, 4.69) is 10.5 Å². The predicted molar refractivity (Wildman–Crippen MR) is 125 cm³/mol. The summed E-state index contributed by atoms with van der Waals surface area (Å²) in [5.41, 5.74) is 4.16. The van der Waals surface area contributed by atoms with Crippen LogP contribution in [0.2, 0.25) is 5.02 Å². The Morgan fingerprint density at radius 3 is 2.27 bits per heavy atom. The molecule has 8 nitrogen and oxygen atoms in total. The van der Waals surface area contributed by atoms with Crippen molar-refractivity contribution in [2.24, 2.45) is 5.10 Å². The van der Waals surface area contributed by atoms with Crippen LogP contribution in [0.15, 0.2) is 70.7 Å². The molecule has 10 heteroatoms. The van der Waals surface area contributed by atoms with Crippen LogP contribution in [-0.2, 0) is 10.1 Å². The van der Waals surface area contributed by atoms with Gasteiger partial charge < -0.3 is 13.7 Å². The third-order valence-corrected chi connectivity index (χ3v) is 6.00. The van der Waals surface area contributed by atoms with Crippen LogP contribution in [0.25, 0.3) is 0 Å². The third kappa shape index (κ3) is 6.03. The number of carbonyl (C=O) groups excluding carboxylic acids is 1. The monoisotopic (exact) mass is 488 g/mol. The van der Waals surface area contributed by atoms with Gasteiger partial charge in [0.15, 0.2) is 5.75 Å². The average molecular weight is 489 g/mol. The largest absolute Gasteiger partial charge is 0.497 e. The highest BCUT2D eigenvalue weighted by Gasteiger charge is 2.22. The van der Waals surface area contributed by atoms with Crippen molar-refractivity contribution in [2.75, 3.05) is 14.2 Å². The Bertz CT molecular complexity index is 1270. The third-order valence-electron chi connectivity index (χ3n) is 4.49. The van der Waals surface area contributed by atoms with Gasteiger partial charge in [-0.2, -0.15) is 13.5 Å². The second kappa shape index (κ2) is 10.4. The van der Waals surface area contributed by atoms with E-state index in [9.17, 15) is 13.2 Å². The van der Waals surface area contributed by atoms with Crippen molar-refractivity contribution in [1.29, 1.82) is 0 Å². The maximum Gasteiger partial charge on any atom is 0.339 e. The van der Waals surface area contributed by atoms with Gasteiger partial charge in [0.2, 0.25) is 5.75 Å². The molecule has 0 saturated heterocycles. The molecule has 0 unspecified atom stereocenters. The zero-order chi connectivity index (χ0) is 24.0. The Morgan fingerprint density at radius 2 is 1.67 bits per heavy atom. The Morgan fingerprint density at radius 1 is 1.00 bits per heavy atom. The molecule has 0 bridgehead atoms. The maximum absolute atomic E-state index is 12.6. The molecule has 33 heavy (non-hydrogen) atoms. The Hall–Kier alpha value is -3.56. The van der Waals surface area contributed by atoms with Crippen molar-refractivity contribution in [3.8, 4) is 17.2 Å². The lowest BCUT2D eigenvalue weighted by molar-refractivity contribution is 0.0955. The quantitative estimate of drug-likeness (QED) is 0.289. The summed E-state index contributed by atoms with van der Waals surface area (Å²) in [6, 6.07) is 15.6. The summed E-state index contributed by atoms with van der Waals surface area (Å²) in [6.07, 6.45) is 1.34. The molecule has 0 spiro atoms. The number of amides is 1. The summed E-state index contributed by atoms with van der Waals surface area (Å²) in [5, 5.41) is 3.90. The normalized spacial score (nSPS) is 11.3. The first-order valence-corrected chi connectivity index (χ1v) is 11.4. The molecule has 0 aliphatic heterocycles. The average Bonchev–Trinajstić information content (AvgIpc) is 2.80. The molecule has 0 fully saturated rings. The number of halogens is 1. The van der Waals surface area contributed by atoms with Crippen LogP contribution in [0.5, 0.6) is 17.2 Å². The minimum absolute atomic E-state index is 0.00651. The molecule has 0 atom stereocenters. The number of hydrogen-bond donors (Lipinski definition) is 1. The van der Waals surface area contributed by atoms with Crippen molar-refractivity contribution in [3.05, 3.63) is 82.4 Å². The number of methoxy groups -OCH3 is 2. The molecule has 3 aromatic rings.